The highest BCUT2D eigenvalue weighted by Crippen LogP contribution is 2.16. The van der Waals surface area contributed by atoms with E-state index in [0.29, 0.717) is 0 Å². The van der Waals surface area contributed by atoms with Gasteiger partial charge in [0.2, 0.25) is 0 Å². The monoisotopic (exact) mass is 263 g/mol. The second kappa shape index (κ2) is 4.84. The Morgan fingerprint density at radius 2 is 1.53 bits per heavy atom. The van der Waals surface area contributed by atoms with Crippen LogP contribution in [0, 0.1) is 0 Å². The summed E-state index contributed by atoms with van der Waals surface area (Å²) in [5, 5.41) is 0. The van der Waals surface area contributed by atoms with E-state index in [0.717, 1.165) is 15.9 Å². The van der Waals surface area contributed by atoms with Gasteiger partial charge < -0.3 is 4.84 Å². The van der Waals surface area contributed by atoms with Gasteiger partial charge in [-0.1, -0.05) is 34.1 Å². The van der Waals surface area contributed by atoms with E-state index >= 15 is 0 Å². The van der Waals surface area contributed by atoms with Crippen molar-refractivity contribution in [2.24, 2.45) is 0 Å². The fourth-order valence-electron chi connectivity index (χ4n) is 1.13. The van der Waals surface area contributed by atoms with Crippen LogP contribution in [0.5, 0.6) is 5.75 Å². The fourth-order valence-corrected chi connectivity index (χ4v) is 1.39. The Balaban J connectivity index is 1.96. The standard InChI is InChI=1S/C12H10BrNO/c13-10-6-8-12(9-7-10)15-14-11-4-2-1-3-5-11/h1-9,14H. The molecule has 2 nitrogen and oxygen atoms in total. The second-order valence-corrected chi connectivity index (χ2v) is 3.94. The quantitative estimate of drug-likeness (QED) is 0.850. The van der Waals surface area contributed by atoms with Crippen molar-refractivity contribution in [3.05, 3.63) is 59.1 Å². The molecular weight excluding hydrogens is 254 g/mol. The van der Waals surface area contributed by atoms with Crippen molar-refractivity contribution in [2.45, 2.75) is 0 Å². The Kier molecular flexibility index (Phi) is 3.25. The highest BCUT2D eigenvalue weighted by atomic mass is 79.9. The minimum Gasteiger partial charge on any atom is -0.382 e. The third-order valence-electron chi connectivity index (χ3n) is 1.87. The lowest BCUT2D eigenvalue weighted by Gasteiger charge is -2.07. The first-order chi connectivity index (χ1) is 7.34. The van der Waals surface area contributed by atoms with E-state index in [1.165, 1.54) is 0 Å². The topological polar surface area (TPSA) is 21.3 Å². The Bertz CT molecular complexity index is 413. The van der Waals surface area contributed by atoms with E-state index < -0.39 is 0 Å². The van der Waals surface area contributed by atoms with Gasteiger partial charge in [-0.3, -0.25) is 0 Å². The number of para-hydroxylation sites is 1. The SMILES string of the molecule is Brc1ccc(ONc2ccccc2)cc1. The molecule has 15 heavy (non-hydrogen) atoms. The number of hydrogen-bond donors (Lipinski definition) is 1. The van der Waals surface area contributed by atoms with Crippen molar-refractivity contribution in [3.63, 3.8) is 0 Å². The number of benzene rings is 2. The molecule has 0 heterocycles. The lowest BCUT2D eigenvalue weighted by Crippen LogP contribution is -2.03. The minimum absolute atomic E-state index is 0.780. The van der Waals surface area contributed by atoms with Crippen LogP contribution < -0.4 is 10.3 Å². The molecule has 1 N–H and O–H groups in total. The fraction of sp³-hybridized carbons (Fsp3) is 0. The average molecular weight is 264 g/mol. The van der Waals surface area contributed by atoms with Gasteiger partial charge in [-0.05, 0) is 36.4 Å². The van der Waals surface area contributed by atoms with Crippen molar-refractivity contribution in [1.29, 1.82) is 0 Å². The first-order valence-corrected chi connectivity index (χ1v) is 5.37. The summed E-state index contributed by atoms with van der Waals surface area (Å²) in [6.07, 6.45) is 0. The number of rotatable bonds is 3. The van der Waals surface area contributed by atoms with E-state index in [9.17, 15) is 0 Å². The molecule has 0 fully saturated rings. The summed E-state index contributed by atoms with van der Waals surface area (Å²) in [7, 11) is 0. The molecule has 0 amide bonds. The van der Waals surface area contributed by atoms with E-state index in [-0.39, 0.29) is 0 Å². The van der Waals surface area contributed by atoms with E-state index in [4.69, 9.17) is 4.84 Å². The highest BCUT2D eigenvalue weighted by molar-refractivity contribution is 9.10. The molecule has 0 radical (unpaired) electrons. The Labute approximate surface area is 97.0 Å². The van der Waals surface area contributed by atoms with Crippen molar-refractivity contribution in [3.8, 4) is 5.75 Å². The Hall–Kier alpha value is -1.48. The predicted molar refractivity (Wildman–Crippen MR) is 64.8 cm³/mol. The Morgan fingerprint density at radius 3 is 2.20 bits per heavy atom. The van der Waals surface area contributed by atoms with Gasteiger partial charge in [0.1, 0.15) is 0 Å². The summed E-state index contributed by atoms with van der Waals surface area (Å²) in [6.45, 7) is 0. The van der Waals surface area contributed by atoms with Crippen LogP contribution in [0.4, 0.5) is 5.69 Å². The molecule has 0 saturated heterocycles. The Morgan fingerprint density at radius 1 is 0.867 bits per heavy atom. The molecule has 2 rings (SSSR count). The molecule has 0 bridgehead atoms. The van der Waals surface area contributed by atoms with Gasteiger partial charge in [0.05, 0.1) is 5.69 Å². The lowest BCUT2D eigenvalue weighted by atomic mass is 10.3. The minimum atomic E-state index is 0.780. The van der Waals surface area contributed by atoms with Crippen molar-refractivity contribution >= 4 is 21.6 Å². The van der Waals surface area contributed by atoms with Gasteiger partial charge in [-0.2, -0.15) is 0 Å². The van der Waals surface area contributed by atoms with E-state index in [1.54, 1.807) is 0 Å². The van der Waals surface area contributed by atoms with Crippen molar-refractivity contribution in [2.75, 3.05) is 5.48 Å². The predicted octanol–water partition coefficient (Wildman–Crippen LogP) is 3.86. The van der Waals surface area contributed by atoms with Crippen molar-refractivity contribution in [1.82, 2.24) is 0 Å². The highest BCUT2D eigenvalue weighted by Gasteiger charge is 1.93. The van der Waals surface area contributed by atoms with Crippen molar-refractivity contribution < 1.29 is 4.84 Å². The van der Waals surface area contributed by atoms with Gasteiger partial charge in [0.25, 0.3) is 0 Å². The smallest absolute Gasteiger partial charge is 0.155 e. The summed E-state index contributed by atoms with van der Waals surface area (Å²) in [5.41, 5.74) is 3.80. The van der Waals surface area contributed by atoms with Gasteiger partial charge in [-0.25, -0.2) is 5.48 Å². The molecule has 0 aromatic heterocycles. The molecule has 3 heteroatoms. The normalized spacial score (nSPS) is 9.67. The number of nitrogens with one attached hydrogen (secondary N) is 1. The third-order valence-corrected chi connectivity index (χ3v) is 2.40. The third kappa shape index (κ3) is 2.99. The molecular formula is C12H10BrNO. The molecule has 76 valence electrons. The van der Waals surface area contributed by atoms with Crippen LogP contribution in [-0.4, -0.2) is 0 Å². The average Bonchev–Trinajstić information content (AvgIpc) is 2.30. The summed E-state index contributed by atoms with van der Waals surface area (Å²) in [4.78, 5) is 5.38. The molecule has 0 aliphatic rings. The van der Waals surface area contributed by atoms with Crippen LogP contribution in [-0.2, 0) is 0 Å². The number of hydrogen-bond acceptors (Lipinski definition) is 2. The molecule has 0 aliphatic carbocycles. The molecule has 0 unspecified atom stereocenters. The van der Waals surface area contributed by atoms with Crippen LogP contribution in [0.25, 0.3) is 0 Å². The largest absolute Gasteiger partial charge is 0.382 e. The second-order valence-electron chi connectivity index (χ2n) is 3.02. The number of halogens is 1. The molecule has 0 saturated carbocycles. The van der Waals surface area contributed by atoms with Gasteiger partial charge >= 0.3 is 0 Å². The maximum absolute atomic E-state index is 5.38. The maximum atomic E-state index is 5.38. The van der Waals surface area contributed by atoms with Crippen LogP contribution >= 0.6 is 15.9 Å². The summed E-state index contributed by atoms with van der Waals surface area (Å²) < 4.78 is 1.04. The van der Waals surface area contributed by atoms with Crippen LogP contribution in [0.15, 0.2) is 59.1 Å². The van der Waals surface area contributed by atoms with Crippen LogP contribution in [0.3, 0.4) is 0 Å². The zero-order chi connectivity index (χ0) is 10.5. The van der Waals surface area contributed by atoms with Gasteiger partial charge in [0.15, 0.2) is 5.75 Å². The molecule has 0 spiro atoms. The molecule has 0 aliphatic heterocycles. The maximum Gasteiger partial charge on any atom is 0.155 e. The lowest BCUT2D eigenvalue weighted by molar-refractivity contribution is 0.405. The van der Waals surface area contributed by atoms with Crippen LogP contribution in [0.2, 0.25) is 0 Å². The summed E-state index contributed by atoms with van der Waals surface area (Å²) in [5.74, 6) is 0.780. The first-order valence-electron chi connectivity index (χ1n) is 4.58. The zero-order valence-corrected chi connectivity index (χ0v) is 9.57. The molecule has 2 aromatic rings. The van der Waals surface area contributed by atoms with E-state index in [2.05, 4.69) is 21.4 Å². The van der Waals surface area contributed by atoms with Gasteiger partial charge in [-0.15, -0.1) is 0 Å². The van der Waals surface area contributed by atoms with E-state index in [1.807, 2.05) is 54.6 Å². The molecule has 2 aromatic carbocycles. The zero-order valence-electron chi connectivity index (χ0n) is 7.98. The van der Waals surface area contributed by atoms with Crippen LogP contribution in [0.1, 0.15) is 0 Å². The first kappa shape index (κ1) is 10.1. The summed E-state index contributed by atoms with van der Waals surface area (Å²) in [6, 6.07) is 17.4. The number of anilines is 1. The summed E-state index contributed by atoms with van der Waals surface area (Å²) >= 11 is 3.37. The van der Waals surface area contributed by atoms with Gasteiger partial charge in [0, 0.05) is 4.47 Å². The molecule has 0 atom stereocenters.